The second kappa shape index (κ2) is 12.1. The molecule has 204 valence electrons. The van der Waals surface area contributed by atoms with Gasteiger partial charge in [-0.3, -0.25) is 9.59 Å². The molecule has 9 heteroatoms. The third kappa shape index (κ3) is 5.51. The Hall–Kier alpha value is -3.88. The number of carbonyl (C=O) groups is 2. The number of nitrogens with zero attached hydrogens (tertiary/aromatic N) is 2. The predicted molar refractivity (Wildman–Crippen MR) is 144 cm³/mol. The van der Waals surface area contributed by atoms with Gasteiger partial charge in [0.25, 0.3) is 5.91 Å². The van der Waals surface area contributed by atoms with Gasteiger partial charge in [-0.2, -0.15) is 0 Å². The monoisotopic (exact) mass is 524 g/mol. The molecule has 38 heavy (non-hydrogen) atoms. The summed E-state index contributed by atoms with van der Waals surface area (Å²) in [6, 6.07) is 7.26. The first-order valence-corrected chi connectivity index (χ1v) is 12.8. The van der Waals surface area contributed by atoms with E-state index in [0.29, 0.717) is 73.3 Å². The van der Waals surface area contributed by atoms with Gasteiger partial charge in [-0.1, -0.05) is 0 Å². The number of ether oxygens (including phenoxy) is 5. The van der Waals surface area contributed by atoms with E-state index in [0.717, 1.165) is 29.5 Å². The molecule has 2 aromatic carbocycles. The summed E-state index contributed by atoms with van der Waals surface area (Å²) in [4.78, 5) is 30.6. The van der Waals surface area contributed by atoms with Crippen LogP contribution in [0, 0.1) is 0 Å². The van der Waals surface area contributed by atoms with Crippen molar-refractivity contribution in [2.24, 2.45) is 0 Å². The maximum atomic E-state index is 13.6. The fraction of sp³-hybridized carbons (Fsp3) is 0.448. The molecule has 0 spiro atoms. The van der Waals surface area contributed by atoms with Crippen LogP contribution in [-0.2, 0) is 11.2 Å². The molecule has 0 unspecified atom stereocenters. The second-order valence-electron chi connectivity index (χ2n) is 9.28. The molecule has 2 aromatic rings. The first-order chi connectivity index (χ1) is 18.4. The Bertz CT molecular complexity index is 1200. The maximum Gasteiger partial charge on any atom is 0.254 e. The number of rotatable bonds is 7. The number of fused-ring (bicyclic) bond motifs is 1. The van der Waals surface area contributed by atoms with Crippen LogP contribution < -0.4 is 23.7 Å². The summed E-state index contributed by atoms with van der Waals surface area (Å²) in [5, 5.41) is 0. The lowest BCUT2D eigenvalue weighted by atomic mass is 10.0. The van der Waals surface area contributed by atoms with Gasteiger partial charge in [0.1, 0.15) is 0 Å². The molecule has 4 rings (SSSR count). The topological polar surface area (TPSA) is 86.8 Å². The molecule has 0 atom stereocenters. The van der Waals surface area contributed by atoms with Crippen molar-refractivity contribution < 1.29 is 33.3 Å². The largest absolute Gasteiger partial charge is 0.493 e. The zero-order valence-corrected chi connectivity index (χ0v) is 22.8. The number of hydrogen-bond donors (Lipinski definition) is 0. The summed E-state index contributed by atoms with van der Waals surface area (Å²) in [6.45, 7) is 2.05. The van der Waals surface area contributed by atoms with Gasteiger partial charge in [0.2, 0.25) is 11.7 Å². The minimum absolute atomic E-state index is 0.0229. The van der Waals surface area contributed by atoms with Crippen molar-refractivity contribution in [2.45, 2.75) is 25.7 Å². The summed E-state index contributed by atoms with van der Waals surface area (Å²) in [7, 11) is 7.81. The lowest BCUT2D eigenvalue weighted by Gasteiger charge is -2.23. The number of carbonyl (C=O) groups excluding carboxylic acids is 2. The zero-order chi connectivity index (χ0) is 27.2. The Labute approximate surface area is 223 Å². The SMILES string of the molecule is COc1cc2c(cc1OC)CCCC(C(=O)N1CCCN(C(=O)c3cc(OC)c(OC)c(OC)c3)CC1)=C2. The molecule has 1 aliphatic carbocycles. The third-order valence-electron chi connectivity index (χ3n) is 7.12. The van der Waals surface area contributed by atoms with E-state index in [1.165, 1.54) is 21.3 Å². The van der Waals surface area contributed by atoms with Crippen molar-refractivity contribution in [3.63, 3.8) is 0 Å². The van der Waals surface area contributed by atoms with Gasteiger partial charge in [-0.05, 0) is 67.2 Å². The molecule has 1 saturated heterocycles. The fourth-order valence-corrected chi connectivity index (χ4v) is 5.10. The number of aryl methyl sites for hydroxylation is 1. The van der Waals surface area contributed by atoms with Crippen LogP contribution in [0.2, 0.25) is 0 Å². The van der Waals surface area contributed by atoms with Crippen molar-refractivity contribution >= 4 is 17.9 Å². The summed E-state index contributed by atoms with van der Waals surface area (Å²) in [5.74, 6) is 2.52. The van der Waals surface area contributed by atoms with E-state index in [2.05, 4.69) is 0 Å². The van der Waals surface area contributed by atoms with Crippen LogP contribution in [-0.4, -0.2) is 83.3 Å². The van der Waals surface area contributed by atoms with Gasteiger partial charge in [0.05, 0.1) is 35.5 Å². The van der Waals surface area contributed by atoms with E-state index in [9.17, 15) is 9.59 Å². The normalized spacial score (nSPS) is 15.4. The van der Waals surface area contributed by atoms with E-state index in [-0.39, 0.29) is 11.8 Å². The van der Waals surface area contributed by atoms with E-state index in [1.807, 2.05) is 23.1 Å². The average Bonchev–Trinajstić information content (AvgIpc) is 3.33. The van der Waals surface area contributed by atoms with Crippen LogP contribution in [0.5, 0.6) is 28.7 Å². The van der Waals surface area contributed by atoms with Crippen LogP contribution in [0.25, 0.3) is 6.08 Å². The van der Waals surface area contributed by atoms with Gasteiger partial charge >= 0.3 is 0 Å². The molecule has 2 amide bonds. The minimum Gasteiger partial charge on any atom is -0.493 e. The van der Waals surface area contributed by atoms with Gasteiger partial charge < -0.3 is 33.5 Å². The third-order valence-corrected chi connectivity index (χ3v) is 7.12. The minimum atomic E-state index is -0.137. The first-order valence-electron chi connectivity index (χ1n) is 12.8. The van der Waals surface area contributed by atoms with Crippen molar-refractivity contribution in [3.8, 4) is 28.7 Å². The number of methoxy groups -OCH3 is 5. The highest BCUT2D eigenvalue weighted by Gasteiger charge is 2.27. The van der Waals surface area contributed by atoms with Crippen LogP contribution in [0.3, 0.4) is 0 Å². The lowest BCUT2D eigenvalue weighted by Crippen LogP contribution is -2.38. The molecule has 0 saturated carbocycles. The van der Waals surface area contributed by atoms with Crippen molar-refractivity contribution in [2.75, 3.05) is 61.7 Å². The van der Waals surface area contributed by atoms with Crippen LogP contribution >= 0.6 is 0 Å². The summed E-state index contributed by atoms with van der Waals surface area (Å²) < 4.78 is 27.1. The number of hydrogen-bond acceptors (Lipinski definition) is 7. The molecule has 2 aliphatic rings. The second-order valence-corrected chi connectivity index (χ2v) is 9.28. The van der Waals surface area contributed by atoms with E-state index >= 15 is 0 Å². The Morgan fingerprint density at radius 3 is 1.79 bits per heavy atom. The number of amides is 2. The van der Waals surface area contributed by atoms with Gasteiger partial charge in [0.15, 0.2) is 23.0 Å². The Balaban J connectivity index is 1.50. The summed E-state index contributed by atoms with van der Waals surface area (Å²) in [6.07, 6.45) is 5.11. The van der Waals surface area contributed by atoms with Crippen LogP contribution in [0.4, 0.5) is 0 Å². The van der Waals surface area contributed by atoms with Crippen molar-refractivity contribution in [3.05, 3.63) is 46.5 Å². The van der Waals surface area contributed by atoms with Crippen LogP contribution in [0.1, 0.15) is 40.7 Å². The molecule has 0 radical (unpaired) electrons. The standard InChI is InChI=1S/C29H36N2O7/c1-34-23-15-19-8-6-9-20(14-21(19)16-24(23)35-2)28(32)30-10-7-11-31(13-12-30)29(33)22-17-25(36-3)27(38-5)26(18-22)37-4/h14-18H,6-13H2,1-5H3. The van der Waals surface area contributed by atoms with E-state index in [4.69, 9.17) is 23.7 Å². The average molecular weight is 525 g/mol. The molecule has 0 bridgehead atoms. The Morgan fingerprint density at radius 1 is 0.632 bits per heavy atom. The molecular formula is C29H36N2O7. The smallest absolute Gasteiger partial charge is 0.254 e. The highest BCUT2D eigenvalue weighted by atomic mass is 16.5. The molecule has 1 aliphatic heterocycles. The Morgan fingerprint density at radius 2 is 1.21 bits per heavy atom. The Kier molecular flexibility index (Phi) is 8.66. The molecule has 1 fully saturated rings. The highest BCUT2D eigenvalue weighted by Crippen LogP contribution is 2.39. The van der Waals surface area contributed by atoms with Gasteiger partial charge in [-0.15, -0.1) is 0 Å². The van der Waals surface area contributed by atoms with Gasteiger partial charge in [-0.25, -0.2) is 0 Å². The molecule has 0 aromatic heterocycles. The quantitative estimate of drug-likeness (QED) is 0.544. The molecule has 1 heterocycles. The first kappa shape index (κ1) is 27.2. The fourth-order valence-electron chi connectivity index (χ4n) is 5.10. The molecular weight excluding hydrogens is 488 g/mol. The van der Waals surface area contributed by atoms with Crippen LogP contribution in [0.15, 0.2) is 29.8 Å². The lowest BCUT2D eigenvalue weighted by molar-refractivity contribution is -0.127. The van der Waals surface area contributed by atoms with Gasteiger partial charge in [0, 0.05) is 37.3 Å². The van der Waals surface area contributed by atoms with Crippen molar-refractivity contribution in [1.29, 1.82) is 0 Å². The molecule has 9 nitrogen and oxygen atoms in total. The summed E-state index contributed by atoms with van der Waals surface area (Å²) in [5.41, 5.74) is 3.35. The molecule has 0 N–H and O–H groups in total. The van der Waals surface area contributed by atoms with Crippen molar-refractivity contribution in [1.82, 2.24) is 9.80 Å². The summed E-state index contributed by atoms with van der Waals surface area (Å²) >= 11 is 0. The highest BCUT2D eigenvalue weighted by molar-refractivity contribution is 5.99. The number of benzene rings is 2. The maximum absolute atomic E-state index is 13.6. The predicted octanol–water partition coefficient (Wildman–Crippen LogP) is 3.82. The van der Waals surface area contributed by atoms with E-state index in [1.54, 1.807) is 31.3 Å². The zero-order valence-electron chi connectivity index (χ0n) is 22.8. The van der Waals surface area contributed by atoms with E-state index < -0.39 is 0 Å².